The average molecular weight is 284 g/mol. The van der Waals surface area contributed by atoms with Crippen molar-refractivity contribution >= 4 is 11.5 Å². The number of nitrogens with zero attached hydrogens (tertiary/aromatic N) is 3. The van der Waals surface area contributed by atoms with E-state index in [0.29, 0.717) is 5.92 Å². The SMILES string of the molecule is Cc1cccc(N(C)c2cncc(CNCC(C)C)n2)c1. The monoisotopic (exact) mass is 284 g/mol. The maximum absolute atomic E-state index is 4.68. The first-order valence-electron chi connectivity index (χ1n) is 7.38. The fourth-order valence-corrected chi connectivity index (χ4v) is 2.10. The number of aryl methyl sites for hydroxylation is 1. The van der Waals surface area contributed by atoms with Crippen molar-refractivity contribution in [3.8, 4) is 0 Å². The largest absolute Gasteiger partial charge is 0.328 e. The molecular weight excluding hydrogens is 260 g/mol. The molecule has 0 radical (unpaired) electrons. The van der Waals surface area contributed by atoms with Crippen LogP contribution >= 0.6 is 0 Å². The molecule has 1 N–H and O–H groups in total. The lowest BCUT2D eigenvalue weighted by Gasteiger charge is -2.19. The number of hydrogen-bond donors (Lipinski definition) is 1. The summed E-state index contributed by atoms with van der Waals surface area (Å²) >= 11 is 0. The van der Waals surface area contributed by atoms with Gasteiger partial charge in [0.25, 0.3) is 0 Å². The molecule has 4 nitrogen and oxygen atoms in total. The third-order valence-corrected chi connectivity index (χ3v) is 3.26. The van der Waals surface area contributed by atoms with E-state index in [-0.39, 0.29) is 0 Å². The first kappa shape index (κ1) is 15.4. The van der Waals surface area contributed by atoms with Crippen molar-refractivity contribution in [2.24, 2.45) is 5.92 Å². The van der Waals surface area contributed by atoms with Crippen molar-refractivity contribution in [1.82, 2.24) is 15.3 Å². The summed E-state index contributed by atoms with van der Waals surface area (Å²) in [4.78, 5) is 11.0. The highest BCUT2D eigenvalue weighted by molar-refractivity contribution is 5.59. The number of aromatic nitrogens is 2. The molecule has 0 spiro atoms. The molecular formula is C17H24N4. The Morgan fingerprint density at radius 3 is 2.76 bits per heavy atom. The zero-order valence-electron chi connectivity index (χ0n) is 13.3. The van der Waals surface area contributed by atoms with Gasteiger partial charge in [-0.25, -0.2) is 4.98 Å². The van der Waals surface area contributed by atoms with Gasteiger partial charge >= 0.3 is 0 Å². The molecule has 0 unspecified atom stereocenters. The Morgan fingerprint density at radius 1 is 1.24 bits per heavy atom. The van der Waals surface area contributed by atoms with Gasteiger partial charge < -0.3 is 10.2 Å². The van der Waals surface area contributed by atoms with Crippen LogP contribution in [0.5, 0.6) is 0 Å². The lowest BCUT2D eigenvalue weighted by molar-refractivity contribution is 0.547. The first-order valence-corrected chi connectivity index (χ1v) is 7.38. The zero-order chi connectivity index (χ0) is 15.2. The van der Waals surface area contributed by atoms with Crippen LogP contribution in [0.15, 0.2) is 36.7 Å². The smallest absolute Gasteiger partial charge is 0.151 e. The first-order chi connectivity index (χ1) is 10.1. The van der Waals surface area contributed by atoms with Crippen LogP contribution in [0.25, 0.3) is 0 Å². The van der Waals surface area contributed by atoms with Gasteiger partial charge in [-0.05, 0) is 37.1 Å². The second-order valence-electron chi connectivity index (χ2n) is 5.79. The molecule has 1 aromatic heterocycles. The molecule has 21 heavy (non-hydrogen) atoms. The fourth-order valence-electron chi connectivity index (χ4n) is 2.10. The van der Waals surface area contributed by atoms with E-state index in [2.05, 4.69) is 65.2 Å². The van der Waals surface area contributed by atoms with Crippen LogP contribution in [0, 0.1) is 12.8 Å². The second kappa shape index (κ2) is 7.18. The number of benzene rings is 1. The third-order valence-electron chi connectivity index (χ3n) is 3.26. The van der Waals surface area contributed by atoms with E-state index < -0.39 is 0 Å². The van der Waals surface area contributed by atoms with Gasteiger partial charge in [-0.3, -0.25) is 4.98 Å². The lowest BCUT2D eigenvalue weighted by Crippen LogP contribution is -2.20. The molecule has 2 rings (SSSR count). The molecule has 4 heteroatoms. The Balaban J connectivity index is 2.09. The lowest BCUT2D eigenvalue weighted by atomic mass is 10.2. The highest BCUT2D eigenvalue weighted by atomic mass is 15.2. The van der Waals surface area contributed by atoms with Crippen LogP contribution < -0.4 is 10.2 Å². The Hall–Kier alpha value is -1.94. The molecule has 112 valence electrons. The van der Waals surface area contributed by atoms with Gasteiger partial charge in [0.1, 0.15) is 0 Å². The molecule has 0 amide bonds. The Kier molecular flexibility index (Phi) is 5.28. The summed E-state index contributed by atoms with van der Waals surface area (Å²) in [5, 5.41) is 3.40. The van der Waals surface area contributed by atoms with Crippen molar-refractivity contribution in [2.45, 2.75) is 27.3 Å². The summed E-state index contributed by atoms with van der Waals surface area (Å²) in [5.74, 6) is 1.50. The molecule has 0 aliphatic heterocycles. The van der Waals surface area contributed by atoms with E-state index in [1.54, 1.807) is 6.20 Å². The molecule has 0 aliphatic carbocycles. The van der Waals surface area contributed by atoms with Gasteiger partial charge in [-0.15, -0.1) is 0 Å². The fraction of sp³-hybridized carbons (Fsp3) is 0.412. The number of rotatable bonds is 6. The summed E-state index contributed by atoms with van der Waals surface area (Å²) in [6, 6.07) is 8.38. The summed E-state index contributed by atoms with van der Waals surface area (Å²) in [7, 11) is 2.02. The summed E-state index contributed by atoms with van der Waals surface area (Å²) in [5.41, 5.74) is 3.33. The summed E-state index contributed by atoms with van der Waals surface area (Å²) in [6.07, 6.45) is 3.62. The average Bonchev–Trinajstić information content (AvgIpc) is 2.46. The zero-order valence-corrected chi connectivity index (χ0v) is 13.3. The molecule has 0 atom stereocenters. The minimum Gasteiger partial charge on any atom is -0.328 e. The summed E-state index contributed by atoms with van der Waals surface area (Å²) in [6.45, 7) is 8.22. The normalized spacial score (nSPS) is 10.9. The molecule has 0 saturated carbocycles. The number of hydrogen-bond acceptors (Lipinski definition) is 4. The molecule has 2 aromatic rings. The van der Waals surface area contributed by atoms with Crippen molar-refractivity contribution in [2.75, 3.05) is 18.5 Å². The van der Waals surface area contributed by atoms with E-state index in [0.717, 1.165) is 30.3 Å². The number of anilines is 2. The Morgan fingerprint density at radius 2 is 2.05 bits per heavy atom. The van der Waals surface area contributed by atoms with Gasteiger partial charge in [-0.2, -0.15) is 0 Å². The predicted octanol–water partition coefficient (Wildman–Crippen LogP) is 3.30. The van der Waals surface area contributed by atoms with Crippen molar-refractivity contribution in [3.05, 3.63) is 47.9 Å². The van der Waals surface area contributed by atoms with E-state index in [1.165, 1.54) is 5.56 Å². The molecule has 1 heterocycles. The van der Waals surface area contributed by atoms with Crippen molar-refractivity contribution < 1.29 is 0 Å². The minimum absolute atomic E-state index is 0.635. The topological polar surface area (TPSA) is 41.1 Å². The maximum Gasteiger partial charge on any atom is 0.151 e. The molecule has 0 fully saturated rings. The standard InChI is InChI=1S/C17H24N4/c1-13(2)9-18-10-15-11-19-12-17(20-15)21(4)16-7-5-6-14(3)8-16/h5-8,11-13,18H,9-10H2,1-4H3. The van der Waals surface area contributed by atoms with Crippen LogP contribution in [0.3, 0.4) is 0 Å². The van der Waals surface area contributed by atoms with E-state index in [4.69, 9.17) is 0 Å². The van der Waals surface area contributed by atoms with Gasteiger partial charge in [0.15, 0.2) is 5.82 Å². The van der Waals surface area contributed by atoms with Crippen LogP contribution in [-0.4, -0.2) is 23.6 Å². The van der Waals surface area contributed by atoms with Crippen LogP contribution in [0.1, 0.15) is 25.1 Å². The van der Waals surface area contributed by atoms with Crippen LogP contribution in [-0.2, 0) is 6.54 Å². The van der Waals surface area contributed by atoms with E-state index in [9.17, 15) is 0 Å². The highest BCUT2D eigenvalue weighted by Crippen LogP contribution is 2.21. The third kappa shape index (κ3) is 4.53. The Bertz CT molecular complexity index is 581. The quantitative estimate of drug-likeness (QED) is 0.883. The van der Waals surface area contributed by atoms with Gasteiger partial charge in [0, 0.05) is 25.5 Å². The van der Waals surface area contributed by atoms with Crippen molar-refractivity contribution in [1.29, 1.82) is 0 Å². The molecule has 0 saturated heterocycles. The van der Waals surface area contributed by atoms with Gasteiger partial charge in [-0.1, -0.05) is 26.0 Å². The summed E-state index contributed by atoms with van der Waals surface area (Å²) < 4.78 is 0. The second-order valence-corrected chi connectivity index (χ2v) is 5.79. The molecule has 0 aliphatic rings. The molecule has 0 bridgehead atoms. The van der Waals surface area contributed by atoms with E-state index in [1.807, 2.05) is 13.2 Å². The highest BCUT2D eigenvalue weighted by Gasteiger charge is 2.07. The van der Waals surface area contributed by atoms with Crippen LogP contribution in [0.2, 0.25) is 0 Å². The maximum atomic E-state index is 4.68. The van der Waals surface area contributed by atoms with Crippen LogP contribution in [0.4, 0.5) is 11.5 Å². The molecule has 1 aromatic carbocycles. The Labute approximate surface area is 127 Å². The van der Waals surface area contributed by atoms with E-state index >= 15 is 0 Å². The van der Waals surface area contributed by atoms with Gasteiger partial charge in [0.05, 0.1) is 11.9 Å². The van der Waals surface area contributed by atoms with Gasteiger partial charge in [0.2, 0.25) is 0 Å². The van der Waals surface area contributed by atoms with Crippen molar-refractivity contribution in [3.63, 3.8) is 0 Å². The number of nitrogens with one attached hydrogen (secondary N) is 1. The predicted molar refractivity (Wildman–Crippen MR) is 87.8 cm³/mol. The minimum atomic E-state index is 0.635.